The molecule has 0 N–H and O–H groups in total. The van der Waals surface area contributed by atoms with Gasteiger partial charge < -0.3 is 0 Å². The minimum absolute atomic E-state index is 1.10. The molecular weight excluding hydrogens is 230 g/mol. The van der Waals surface area contributed by atoms with Crippen LogP contribution < -0.4 is 0 Å². The van der Waals surface area contributed by atoms with Gasteiger partial charge in [-0.1, -0.05) is 61.9 Å². The molecule has 0 radical (unpaired) electrons. The van der Waals surface area contributed by atoms with Gasteiger partial charge in [0, 0.05) is 17.1 Å². The van der Waals surface area contributed by atoms with E-state index >= 15 is 0 Å². The number of pyridine rings is 1. The van der Waals surface area contributed by atoms with Crippen LogP contribution in [-0.4, -0.2) is 4.98 Å². The van der Waals surface area contributed by atoms with Gasteiger partial charge >= 0.3 is 0 Å². The number of hydrogen-bond acceptors (Lipinski definition) is 1. The summed E-state index contributed by atoms with van der Waals surface area (Å²) in [5, 5.41) is 2.48. The summed E-state index contributed by atoms with van der Waals surface area (Å²) in [5.74, 6) is 0. The van der Waals surface area contributed by atoms with Crippen molar-refractivity contribution in [3.63, 3.8) is 0 Å². The second-order valence-electron chi connectivity index (χ2n) is 4.79. The zero-order valence-electron chi connectivity index (χ0n) is 11.1. The molecule has 0 saturated heterocycles. The SMILES string of the molecule is CCCc1ccccc1-c1nccc2ccccc12. The Morgan fingerprint density at radius 1 is 0.895 bits per heavy atom. The summed E-state index contributed by atoms with van der Waals surface area (Å²) in [6, 6.07) is 19.1. The van der Waals surface area contributed by atoms with Crippen LogP contribution in [0.2, 0.25) is 0 Å². The summed E-state index contributed by atoms with van der Waals surface area (Å²) in [6.45, 7) is 2.22. The maximum absolute atomic E-state index is 4.62. The fourth-order valence-corrected chi connectivity index (χ4v) is 2.57. The summed E-state index contributed by atoms with van der Waals surface area (Å²) >= 11 is 0. The lowest BCUT2D eigenvalue weighted by Gasteiger charge is -2.10. The Morgan fingerprint density at radius 3 is 2.58 bits per heavy atom. The van der Waals surface area contributed by atoms with Crippen LogP contribution >= 0.6 is 0 Å². The molecule has 2 aromatic carbocycles. The molecule has 0 unspecified atom stereocenters. The van der Waals surface area contributed by atoms with E-state index in [1.807, 2.05) is 6.20 Å². The van der Waals surface area contributed by atoms with E-state index in [9.17, 15) is 0 Å². The van der Waals surface area contributed by atoms with Crippen molar-refractivity contribution in [3.05, 3.63) is 66.4 Å². The van der Waals surface area contributed by atoms with Crippen LogP contribution in [0.15, 0.2) is 60.8 Å². The zero-order chi connectivity index (χ0) is 13.1. The fraction of sp³-hybridized carbons (Fsp3) is 0.167. The van der Waals surface area contributed by atoms with Crippen molar-refractivity contribution in [2.45, 2.75) is 19.8 Å². The molecule has 19 heavy (non-hydrogen) atoms. The van der Waals surface area contributed by atoms with Crippen molar-refractivity contribution in [2.24, 2.45) is 0 Å². The van der Waals surface area contributed by atoms with E-state index in [-0.39, 0.29) is 0 Å². The molecule has 0 atom stereocenters. The molecule has 1 heterocycles. The molecule has 0 amide bonds. The minimum Gasteiger partial charge on any atom is -0.256 e. The number of hydrogen-bond donors (Lipinski definition) is 0. The number of aromatic nitrogens is 1. The van der Waals surface area contributed by atoms with Gasteiger partial charge in [0.2, 0.25) is 0 Å². The number of aryl methyl sites for hydroxylation is 1. The summed E-state index contributed by atoms with van der Waals surface area (Å²) in [5.41, 5.74) is 3.75. The van der Waals surface area contributed by atoms with Crippen LogP contribution in [0.25, 0.3) is 22.0 Å². The Balaban J connectivity index is 2.25. The third-order valence-corrected chi connectivity index (χ3v) is 3.47. The molecule has 1 nitrogen and oxygen atoms in total. The normalized spacial score (nSPS) is 10.8. The quantitative estimate of drug-likeness (QED) is 0.644. The molecule has 0 aliphatic rings. The molecule has 1 heteroatoms. The molecule has 0 fully saturated rings. The molecule has 0 saturated carbocycles. The second kappa shape index (κ2) is 5.23. The highest BCUT2D eigenvalue weighted by Gasteiger charge is 2.08. The Bertz CT molecular complexity index is 695. The topological polar surface area (TPSA) is 12.9 Å². The van der Waals surface area contributed by atoms with Gasteiger partial charge in [0.05, 0.1) is 5.69 Å². The molecular formula is C18H17N. The van der Waals surface area contributed by atoms with Crippen LogP contribution in [0.5, 0.6) is 0 Å². The van der Waals surface area contributed by atoms with E-state index in [0.29, 0.717) is 0 Å². The van der Waals surface area contributed by atoms with Gasteiger partial charge in [-0.15, -0.1) is 0 Å². The molecule has 3 aromatic rings. The lowest BCUT2D eigenvalue weighted by atomic mass is 9.97. The van der Waals surface area contributed by atoms with Gasteiger partial charge in [-0.3, -0.25) is 4.98 Å². The molecule has 0 bridgehead atoms. The number of rotatable bonds is 3. The largest absolute Gasteiger partial charge is 0.256 e. The van der Waals surface area contributed by atoms with Gasteiger partial charge in [0.15, 0.2) is 0 Å². The molecule has 1 aromatic heterocycles. The minimum atomic E-state index is 1.10. The average molecular weight is 247 g/mol. The highest BCUT2D eigenvalue weighted by atomic mass is 14.7. The van der Waals surface area contributed by atoms with Crippen LogP contribution in [0.1, 0.15) is 18.9 Å². The van der Waals surface area contributed by atoms with Crippen LogP contribution in [0.4, 0.5) is 0 Å². The molecule has 0 aliphatic heterocycles. The molecule has 3 rings (SSSR count). The summed E-state index contributed by atoms with van der Waals surface area (Å²) < 4.78 is 0. The summed E-state index contributed by atoms with van der Waals surface area (Å²) in [4.78, 5) is 4.62. The summed E-state index contributed by atoms with van der Waals surface area (Å²) in [6.07, 6.45) is 4.16. The predicted octanol–water partition coefficient (Wildman–Crippen LogP) is 4.85. The monoisotopic (exact) mass is 247 g/mol. The summed E-state index contributed by atoms with van der Waals surface area (Å²) in [7, 11) is 0. The maximum Gasteiger partial charge on any atom is 0.0783 e. The van der Waals surface area contributed by atoms with E-state index in [4.69, 9.17) is 0 Å². The first kappa shape index (κ1) is 11.9. The standard InChI is InChI=1S/C18H17N/c1-2-7-14-8-3-5-10-16(14)18-17-11-6-4-9-15(17)12-13-19-18/h3-6,8-13H,2,7H2,1H3. The average Bonchev–Trinajstić information content (AvgIpc) is 2.48. The third kappa shape index (κ3) is 2.24. The van der Waals surface area contributed by atoms with Crippen LogP contribution in [-0.2, 0) is 6.42 Å². The highest BCUT2D eigenvalue weighted by Crippen LogP contribution is 2.29. The van der Waals surface area contributed by atoms with E-state index in [2.05, 4.69) is 66.5 Å². The lowest BCUT2D eigenvalue weighted by Crippen LogP contribution is -1.92. The van der Waals surface area contributed by atoms with E-state index in [1.165, 1.54) is 21.9 Å². The first-order valence-corrected chi connectivity index (χ1v) is 6.82. The second-order valence-corrected chi connectivity index (χ2v) is 4.79. The Kier molecular flexibility index (Phi) is 3.28. The van der Waals surface area contributed by atoms with E-state index < -0.39 is 0 Å². The van der Waals surface area contributed by atoms with Crippen LogP contribution in [0, 0.1) is 0 Å². The molecule has 0 aliphatic carbocycles. The smallest absolute Gasteiger partial charge is 0.0783 e. The van der Waals surface area contributed by atoms with Crippen molar-refractivity contribution in [1.29, 1.82) is 0 Å². The number of fused-ring (bicyclic) bond motifs is 1. The predicted molar refractivity (Wildman–Crippen MR) is 81.2 cm³/mol. The molecule has 0 spiro atoms. The first-order chi connectivity index (χ1) is 9.40. The number of benzene rings is 2. The van der Waals surface area contributed by atoms with E-state index in [0.717, 1.165) is 18.5 Å². The van der Waals surface area contributed by atoms with Crippen molar-refractivity contribution < 1.29 is 0 Å². The van der Waals surface area contributed by atoms with Crippen molar-refractivity contribution in [3.8, 4) is 11.3 Å². The van der Waals surface area contributed by atoms with Crippen LogP contribution in [0.3, 0.4) is 0 Å². The zero-order valence-corrected chi connectivity index (χ0v) is 11.1. The van der Waals surface area contributed by atoms with Gasteiger partial charge in [-0.25, -0.2) is 0 Å². The molecule has 94 valence electrons. The number of nitrogens with zero attached hydrogens (tertiary/aromatic N) is 1. The fourth-order valence-electron chi connectivity index (χ4n) is 2.57. The van der Waals surface area contributed by atoms with Crippen molar-refractivity contribution in [2.75, 3.05) is 0 Å². The van der Waals surface area contributed by atoms with Gasteiger partial charge in [0.25, 0.3) is 0 Å². The van der Waals surface area contributed by atoms with Crippen molar-refractivity contribution in [1.82, 2.24) is 4.98 Å². The Hall–Kier alpha value is -2.15. The van der Waals surface area contributed by atoms with Gasteiger partial charge in [-0.05, 0) is 23.4 Å². The Labute approximate surface area is 113 Å². The van der Waals surface area contributed by atoms with Gasteiger partial charge in [-0.2, -0.15) is 0 Å². The third-order valence-electron chi connectivity index (χ3n) is 3.47. The first-order valence-electron chi connectivity index (χ1n) is 6.82. The van der Waals surface area contributed by atoms with Gasteiger partial charge in [0.1, 0.15) is 0 Å². The highest BCUT2D eigenvalue weighted by molar-refractivity contribution is 5.95. The van der Waals surface area contributed by atoms with Crippen molar-refractivity contribution >= 4 is 10.8 Å². The maximum atomic E-state index is 4.62. The van der Waals surface area contributed by atoms with E-state index in [1.54, 1.807) is 0 Å². The Morgan fingerprint density at radius 2 is 1.68 bits per heavy atom. The lowest BCUT2D eigenvalue weighted by molar-refractivity contribution is 0.923.